The molecule has 0 aromatic heterocycles. The number of nitrogens with zero attached hydrogens (tertiary/aromatic N) is 1. The highest BCUT2D eigenvalue weighted by Crippen LogP contribution is 2.49. The average Bonchev–Trinajstić information content (AvgIpc) is 2.30. The van der Waals surface area contributed by atoms with Crippen molar-refractivity contribution >= 4 is 5.97 Å². The van der Waals surface area contributed by atoms with Gasteiger partial charge in [-0.25, -0.2) is 0 Å². The highest BCUT2D eigenvalue weighted by Gasteiger charge is 2.54. The van der Waals surface area contributed by atoms with Crippen molar-refractivity contribution in [3.8, 4) is 6.07 Å². The van der Waals surface area contributed by atoms with Gasteiger partial charge < -0.3 is 4.74 Å². The van der Waals surface area contributed by atoms with Crippen LogP contribution in [0.15, 0.2) is 12.2 Å². The molecule has 14 heavy (non-hydrogen) atoms. The Morgan fingerprint density at radius 3 is 3.21 bits per heavy atom. The summed E-state index contributed by atoms with van der Waals surface area (Å²) in [6, 6.07) is 2.08. The van der Waals surface area contributed by atoms with Crippen LogP contribution in [0.3, 0.4) is 0 Å². The second-order valence-corrected chi connectivity index (χ2v) is 4.44. The summed E-state index contributed by atoms with van der Waals surface area (Å²) in [7, 11) is 0. The maximum absolute atomic E-state index is 11.7. The highest BCUT2D eigenvalue weighted by molar-refractivity contribution is 5.82. The van der Waals surface area contributed by atoms with Crippen LogP contribution in [0, 0.1) is 16.7 Å². The van der Waals surface area contributed by atoms with Gasteiger partial charge in [-0.1, -0.05) is 12.2 Å². The SMILES string of the molecule is CC12CC=CC(CCC#N)(C1)C(=O)O2. The van der Waals surface area contributed by atoms with Crippen molar-refractivity contribution in [2.24, 2.45) is 5.41 Å². The van der Waals surface area contributed by atoms with E-state index >= 15 is 0 Å². The van der Waals surface area contributed by atoms with Gasteiger partial charge in [0.1, 0.15) is 5.60 Å². The lowest BCUT2D eigenvalue weighted by atomic mass is 9.73. The molecule has 2 unspecified atom stereocenters. The molecule has 0 spiro atoms. The number of carbonyl (C=O) groups is 1. The molecule has 3 heteroatoms. The van der Waals surface area contributed by atoms with E-state index in [1.807, 2.05) is 19.1 Å². The predicted molar refractivity (Wildman–Crippen MR) is 50.2 cm³/mol. The molecule has 1 fully saturated rings. The number of fused-ring (bicyclic) bond motifs is 2. The first-order chi connectivity index (χ1) is 6.60. The molecule has 1 saturated heterocycles. The first-order valence-electron chi connectivity index (χ1n) is 4.88. The molecule has 0 N–H and O–H groups in total. The van der Waals surface area contributed by atoms with E-state index in [0.717, 1.165) is 12.8 Å². The molecule has 0 aromatic carbocycles. The zero-order valence-corrected chi connectivity index (χ0v) is 8.25. The summed E-state index contributed by atoms with van der Waals surface area (Å²) in [5.41, 5.74) is -0.815. The van der Waals surface area contributed by atoms with Crippen LogP contribution in [0.5, 0.6) is 0 Å². The minimum atomic E-state index is -0.497. The van der Waals surface area contributed by atoms with Gasteiger partial charge in [-0.2, -0.15) is 5.26 Å². The number of esters is 1. The van der Waals surface area contributed by atoms with E-state index in [1.165, 1.54) is 0 Å². The zero-order chi connectivity index (χ0) is 10.2. The molecule has 3 nitrogen and oxygen atoms in total. The maximum Gasteiger partial charge on any atom is 0.316 e. The predicted octanol–water partition coefficient (Wildman–Crippen LogP) is 1.94. The quantitative estimate of drug-likeness (QED) is 0.495. The number of hydrogen-bond acceptors (Lipinski definition) is 3. The summed E-state index contributed by atoms with van der Waals surface area (Å²) in [5, 5.41) is 8.54. The van der Waals surface area contributed by atoms with Crippen LogP contribution in [0.1, 0.15) is 32.6 Å². The van der Waals surface area contributed by atoms with Crippen molar-refractivity contribution in [1.29, 1.82) is 5.26 Å². The summed E-state index contributed by atoms with van der Waals surface area (Å²) < 4.78 is 5.36. The van der Waals surface area contributed by atoms with E-state index in [9.17, 15) is 4.79 Å². The minimum Gasteiger partial charge on any atom is -0.458 e. The molecule has 2 aliphatic rings. The summed E-state index contributed by atoms with van der Waals surface area (Å²) in [5.74, 6) is -0.149. The largest absolute Gasteiger partial charge is 0.458 e. The lowest BCUT2D eigenvalue weighted by Gasteiger charge is -2.27. The van der Waals surface area contributed by atoms with Crippen LogP contribution in [0.2, 0.25) is 0 Å². The van der Waals surface area contributed by atoms with Crippen LogP contribution < -0.4 is 0 Å². The monoisotopic (exact) mass is 191 g/mol. The van der Waals surface area contributed by atoms with Crippen molar-refractivity contribution in [2.45, 2.75) is 38.2 Å². The number of rotatable bonds is 2. The number of hydrogen-bond donors (Lipinski definition) is 0. The van der Waals surface area contributed by atoms with E-state index in [4.69, 9.17) is 10.00 Å². The fourth-order valence-corrected chi connectivity index (χ4v) is 2.43. The van der Waals surface area contributed by atoms with Crippen molar-refractivity contribution < 1.29 is 9.53 Å². The molecule has 1 heterocycles. The van der Waals surface area contributed by atoms with E-state index in [-0.39, 0.29) is 11.6 Å². The molecule has 2 rings (SSSR count). The highest BCUT2D eigenvalue weighted by atomic mass is 16.6. The number of nitriles is 1. The Hall–Kier alpha value is -1.30. The molecule has 0 radical (unpaired) electrons. The minimum absolute atomic E-state index is 0.149. The van der Waals surface area contributed by atoms with Gasteiger partial charge in [-0.05, 0) is 13.3 Å². The Kier molecular flexibility index (Phi) is 1.88. The Balaban J connectivity index is 2.26. The molecular weight excluding hydrogens is 178 g/mol. The van der Waals surface area contributed by atoms with Crippen molar-refractivity contribution in [2.75, 3.05) is 0 Å². The first-order valence-corrected chi connectivity index (χ1v) is 4.88. The van der Waals surface area contributed by atoms with Crippen LogP contribution in [0.4, 0.5) is 0 Å². The van der Waals surface area contributed by atoms with E-state index < -0.39 is 5.41 Å². The molecule has 2 bridgehead atoms. The topological polar surface area (TPSA) is 50.1 Å². The molecule has 74 valence electrons. The van der Waals surface area contributed by atoms with Crippen molar-refractivity contribution in [3.63, 3.8) is 0 Å². The van der Waals surface area contributed by atoms with E-state index in [0.29, 0.717) is 12.8 Å². The van der Waals surface area contributed by atoms with Gasteiger partial charge in [0.25, 0.3) is 0 Å². The Morgan fingerprint density at radius 2 is 2.50 bits per heavy atom. The number of ether oxygens (including phenoxy) is 1. The Bertz CT molecular complexity index is 342. The molecule has 1 aliphatic carbocycles. The third-order valence-electron chi connectivity index (χ3n) is 3.10. The van der Waals surface area contributed by atoms with Gasteiger partial charge >= 0.3 is 5.97 Å². The third kappa shape index (κ3) is 1.22. The smallest absolute Gasteiger partial charge is 0.316 e. The fraction of sp³-hybridized carbons (Fsp3) is 0.636. The second-order valence-electron chi connectivity index (χ2n) is 4.44. The first kappa shape index (κ1) is 9.26. The van der Waals surface area contributed by atoms with E-state index in [2.05, 4.69) is 6.07 Å². The van der Waals surface area contributed by atoms with Crippen LogP contribution >= 0.6 is 0 Å². The van der Waals surface area contributed by atoms with Crippen molar-refractivity contribution in [3.05, 3.63) is 12.2 Å². The van der Waals surface area contributed by atoms with Gasteiger partial charge in [0, 0.05) is 19.3 Å². The average molecular weight is 191 g/mol. The molecule has 1 aliphatic heterocycles. The second kappa shape index (κ2) is 2.84. The summed E-state index contributed by atoms with van der Waals surface area (Å²) in [6.07, 6.45) is 6.47. The van der Waals surface area contributed by atoms with Gasteiger partial charge in [0.05, 0.1) is 11.5 Å². The normalized spacial score (nSPS) is 39.3. The van der Waals surface area contributed by atoms with Gasteiger partial charge in [-0.3, -0.25) is 4.79 Å². The molecule has 0 saturated carbocycles. The van der Waals surface area contributed by atoms with Gasteiger partial charge in [0.15, 0.2) is 0 Å². The van der Waals surface area contributed by atoms with Crippen molar-refractivity contribution in [1.82, 2.24) is 0 Å². The molecule has 0 aromatic rings. The molecule has 2 atom stereocenters. The Labute approximate surface area is 83.4 Å². The molecule has 0 amide bonds. The third-order valence-corrected chi connectivity index (χ3v) is 3.10. The fourth-order valence-electron chi connectivity index (χ4n) is 2.43. The lowest BCUT2D eigenvalue weighted by molar-refractivity contribution is -0.151. The van der Waals surface area contributed by atoms with Crippen LogP contribution in [-0.2, 0) is 9.53 Å². The maximum atomic E-state index is 11.7. The zero-order valence-electron chi connectivity index (χ0n) is 8.25. The summed E-state index contributed by atoms with van der Waals surface area (Å²) in [4.78, 5) is 11.7. The van der Waals surface area contributed by atoms with Crippen LogP contribution in [-0.4, -0.2) is 11.6 Å². The summed E-state index contributed by atoms with van der Waals surface area (Å²) in [6.45, 7) is 1.96. The van der Waals surface area contributed by atoms with Gasteiger partial charge in [-0.15, -0.1) is 0 Å². The Morgan fingerprint density at radius 1 is 1.71 bits per heavy atom. The van der Waals surface area contributed by atoms with E-state index in [1.54, 1.807) is 0 Å². The number of carbonyl (C=O) groups excluding carboxylic acids is 1. The lowest BCUT2D eigenvalue weighted by Crippen LogP contribution is -2.28. The molecular formula is C11H13NO2. The summed E-state index contributed by atoms with van der Waals surface area (Å²) >= 11 is 0. The van der Waals surface area contributed by atoms with Gasteiger partial charge in [0.2, 0.25) is 0 Å². The standard InChI is InChI=1S/C11H13NO2/c1-10-4-2-5-11(8-10,6-3-7-12)9(13)14-10/h2,5H,3-4,6,8H2,1H3. The van der Waals surface area contributed by atoms with Crippen LogP contribution in [0.25, 0.3) is 0 Å².